The van der Waals surface area contributed by atoms with E-state index in [0.717, 1.165) is 39.1 Å². The Labute approximate surface area is 429 Å². The molecule has 7 aromatic rings. The average Bonchev–Trinajstić information content (AvgIpc) is 3.45. The summed E-state index contributed by atoms with van der Waals surface area (Å²) in [4.78, 5) is 4.60. The molecule has 2 aliphatic rings. The monoisotopic (exact) mass is 987 g/mol. The maximum Gasteiger partial charge on any atom is 0.187 e. The van der Waals surface area contributed by atoms with Crippen molar-refractivity contribution in [2.75, 3.05) is 20.3 Å². The third kappa shape index (κ3) is 15.3. The van der Waals surface area contributed by atoms with Gasteiger partial charge in [0.25, 0.3) is 0 Å². The number of hydrogen-bond acceptors (Lipinski definition) is 12. The highest BCUT2D eigenvalue weighted by atomic mass is 16.7. The average molecular weight is 988 g/mol. The fourth-order valence-corrected chi connectivity index (χ4v) is 9.04. The van der Waals surface area contributed by atoms with E-state index < -0.39 is 61.4 Å². The van der Waals surface area contributed by atoms with Crippen molar-refractivity contribution in [3.8, 4) is 0 Å². The Balaban J connectivity index is 1.05. The minimum Gasteiger partial charge on any atom is -0.374 e. The Morgan fingerprint density at radius 3 is 1.08 bits per heavy atom. The molecule has 0 unspecified atom stereocenters. The van der Waals surface area contributed by atoms with Crippen molar-refractivity contribution >= 4 is 0 Å². The lowest BCUT2D eigenvalue weighted by atomic mass is 9.97. The van der Waals surface area contributed by atoms with Crippen LogP contribution in [0.5, 0.6) is 0 Å². The molecular weight excluding hydrogens is 923 g/mol. The van der Waals surface area contributed by atoms with Crippen LogP contribution in [0.25, 0.3) is 0 Å². The highest BCUT2D eigenvalue weighted by Gasteiger charge is 2.52. The Kier molecular flexibility index (Phi) is 19.8. The maximum absolute atomic E-state index is 7.08. The van der Waals surface area contributed by atoms with Crippen LogP contribution in [0.2, 0.25) is 0 Å². The Bertz CT molecular complexity index is 2570. The van der Waals surface area contributed by atoms with Gasteiger partial charge in [0.05, 0.1) is 65.2 Å². The molecule has 2 fully saturated rings. The number of rotatable bonds is 26. The van der Waals surface area contributed by atoms with Crippen LogP contribution in [-0.2, 0) is 98.4 Å². The third-order valence-electron chi connectivity index (χ3n) is 12.8. The van der Waals surface area contributed by atoms with E-state index in [4.69, 9.17) is 52.1 Å². The molecule has 10 atom stereocenters. The predicted octanol–water partition coefficient (Wildman–Crippen LogP) is 10.2. The molecule has 0 N–H and O–H groups in total. The van der Waals surface area contributed by atoms with Gasteiger partial charge >= 0.3 is 0 Å². The van der Waals surface area contributed by atoms with Crippen molar-refractivity contribution < 1.29 is 52.1 Å². The van der Waals surface area contributed by atoms with Crippen molar-refractivity contribution in [3.63, 3.8) is 0 Å². The Morgan fingerprint density at radius 1 is 0.329 bits per heavy atom. The maximum atomic E-state index is 7.08. The summed E-state index contributed by atoms with van der Waals surface area (Å²) < 4.78 is 75.0. The van der Waals surface area contributed by atoms with Crippen LogP contribution in [-0.4, -0.2) is 86.7 Å². The van der Waals surface area contributed by atoms with Crippen LogP contribution in [0, 0.1) is 0 Å². The van der Waals surface area contributed by atoms with E-state index in [1.165, 1.54) is 0 Å². The van der Waals surface area contributed by atoms with E-state index >= 15 is 0 Å². The molecule has 2 saturated heterocycles. The van der Waals surface area contributed by atoms with Gasteiger partial charge in [0, 0.05) is 13.3 Å². The van der Waals surface area contributed by atoms with Gasteiger partial charge in [-0.05, 0) is 45.5 Å². The summed E-state index contributed by atoms with van der Waals surface area (Å²) in [5.41, 5.74) is 6.71. The zero-order valence-corrected chi connectivity index (χ0v) is 41.2. The largest absolute Gasteiger partial charge is 0.374 e. The predicted molar refractivity (Wildman–Crippen MR) is 274 cm³/mol. The molecule has 73 heavy (non-hydrogen) atoms. The summed E-state index contributed by atoms with van der Waals surface area (Å²) in [7, 11) is 1.61. The first-order valence-corrected chi connectivity index (χ1v) is 25.0. The summed E-state index contributed by atoms with van der Waals surface area (Å²) in [6.07, 6.45) is -5.89. The normalized spacial score (nSPS) is 24.0. The number of methoxy groups -OCH3 is 1. The van der Waals surface area contributed by atoms with E-state index in [9.17, 15) is 0 Å². The molecule has 9 rings (SSSR count). The topological polar surface area (TPSA) is 114 Å². The fraction of sp³-hybridized carbons (Fsp3) is 0.328. The van der Waals surface area contributed by atoms with Crippen molar-refractivity contribution in [3.05, 3.63) is 245 Å². The molecule has 0 spiro atoms. The smallest absolute Gasteiger partial charge is 0.187 e. The van der Waals surface area contributed by atoms with Gasteiger partial charge < -0.3 is 52.1 Å². The summed E-state index contributed by atoms with van der Waals surface area (Å²) in [5.74, 6) is 0. The molecule has 380 valence electrons. The number of pyridine rings is 1. The first-order chi connectivity index (χ1) is 36.2. The number of aromatic nitrogens is 1. The highest BCUT2D eigenvalue weighted by molar-refractivity contribution is 5.18. The van der Waals surface area contributed by atoms with E-state index in [-0.39, 0.29) is 46.2 Å². The summed E-state index contributed by atoms with van der Waals surface area (Å²) >= 11 is 0. The lowest BCUT2D eigenvalue weighted by Gasteiger charge is -2.48. The Morgan fingerprint density at radius 2 is 0.671 bits per heavy atom. The zero-order valence-electron chi connectivity index (χ0n) is 41.2. The highest BCUT2D eigenvalue weighted by Crippen LogP contribution is 2.35. The molecular formula is C61H65NO11. The van der Waals surface area contributed by atoms with Crippen LogP contribution in [0.3, 0.4) is 0 Å². The van der Waals surface area contributed by atoms with Gasteiger partial charge in [-0.1, -0.05) is 188 Å². The lowest BCUT2D eigenvalue weighted by molar-refractivity contribution is -0.351. The molecule has 0 amide bonds. The third-order valence-corrected chi connectivity index (χ3v) is 12.8. The molecule has 0 radical (unpaired) electrons. The van der Waals surface area contributed by atoms with Gasteiger partial charge in [-0.25, -0.2) is 0 Å². The molecule has 0 saturated carbocycles. The summed E-state index contributed by atoms with van der Waals surface area (Å²) in [5, 5.41) is 0. The van der Waals surface area contributed by atoms with Crippen molar-refractivity contribution in [1.82, 2.24) is 4.98 Å². The number of hydrogen-bond donors (Lipinski definition) is 0. The van der Waals surface area contributed by atoms with E-state index in [1.807, 2.05) is 200 Å². The second-order valence-electron chi connectivity index (χ2n) is 18.1. The summed E-state index contributed by atoms with van der Waals surface area (Å²) in [6.45, 7) is 2.05. The van der Waals surface area contributed by atoms with Gasteiger partial charge in [-0.2, -0.15) is 0 Å². The number of ether oxygens (including phenoxy) is 11. The molecule has 3 heterocycles. The minimum atomic E-state index is -1.02. The minimum absolute atomic E-state index is 0.0219. The number of nitrogens with zero attached hydrogens (tertiary/aromatic N) is 1. The SMILES string of the molecule is CO[C@H]1O[C@H](CO[C@@H]2O[C@H](COCc3ccccc3)[C@@H](OCc3ccccc3)[C@H](OCc3ccccn3)[C@H]2OCc2ccccc2)[C@@H](OCc2ccccc2)[C@H](OCc2ccccc2)[C@H]1OCc1ccccc1. The second-order valence-corrected chi connectivity index (χ2v) is 18.1. The van der Waals surface area contributed by atoms with Crippen molar-refractivity contribution in [2.45, 2.75) is 108 Å². The van der Waals surface area contributed by atoms with Gasteiger partial charge in [0.15, 0.2) is 12.6 Å². The first-order valence-electron chi connectivity index (χ1n) is 25.0. The van der Waals surface area contributed by atoms with Gasteiger partial charge in [-0.3, -0.25) is 4.98 Å². The standard InChI is InChI=1S/C61H65NO11/c1-63-60-58(68-40-49-30-16-6-17-31-49)56(67-39-48-28-14-5-15-29-48)55(66-38-47-26-12-4-13-27-47)53(72-60)44-71-61-59(69-41-50-32-18-7-19-33-50)57(70-42-51-34-20-21-35-62-51)54(65-37-46-24-10-3-11-25-46)52(73-61)43-64-36-45-22-8-2-9-23-45/h2-35,52-61H,36-44H2,1H3/t52-,53-,54-,55-,56+,57+,58-,59-,60+,61-/m1/s1. The summed E-state index contributed by atoms with van der Waals surface area (Å²) in [6, 6.07) is 65.9. The van der Waals surface area contributed by atoms with Crippen LogP contribution in [0.4, 0.5) is 0 Å². The molecule has 12 nitrogen and oxygen atoms in total. The second kappa shape index (κ2) is 27.9. The van der Waals surface area contributed by atoms with E-state index in [1.54, 1.807) is 13.3 Å². The first kappa shape index (κ1) is 51.9. The number of benzene rings is 6. The van der Waals surface area contributed by atoms with Gasteiger partial charge in [0.1, 0.15) is 48.8 Å². The fourth-order valence-electron chi connectivity index (χ4n) is 9.04. The molecule has 0 aliphatic carbocycles. The lowest BCUT2D eigenvalue weighted by Crippen LogP contribution is -2.64. The van der Waals surface area contributed by atoms with Crippen molar-refractivity contribution in [2.24, 2.45) is 0 Å². The van der Waals surface area contributed by atoms with Crippen LogP contribution in [0.1, 0.15) is 39.1 Å². The molecule has 1 aromatic heterocycles. The van der Waals surface area contributed by atoms with Crippen LogP contribution in [0.15, 0.2) is 206 Å². The van der Waals surface area contributed by atoms with Crippen LogP contribution >= 0.6 is 0 Å². The van der Waals surface area contributed by atoms with Crippen LogP contribution < -0.4 is 0 Å². The van der Waals surface area contributed by atoms with Gasteiger partial charge in [-0.15, -0.1) is 0 Å². The zero-order chi connectivity index (χ0) is 49.7. The molecule has 6 aromatic carbocycles. The molecule has 0 bridgehead atoms. The quantitative estimate of drug-likeness (QED) is 0.0515. The Hall–Kier alpha value is -5.97. The van der Waals surface area contributed by atoms with Gasteiger partial charge in [0.2, 0.25) is 0 Å². The van der Waals surface area contributed by atoms with E-state index in [0.29, 0.717) is 13.2 Å². The van der Waals surface area contributed by atoms with Crippen molar-refractivity contribution in [1.29, 1.82) is 0 Å². The molecule has 12 heteroatoms. The van der Waals surface area contributed by atoms with E-state index in [2.05, 4.69) is 4.98 Å². The molecule has 2 aliphatic heterocycles.